The molecule has 0 aliphatic heterocycles. The van der Waals surface area contributed by atoms with Crippen LogP contribution < -0.4 is 0 Å². The van der Waals surface area contributed by atoms with Crippen LogP contribution >= 0.6 is 26.2 Å². The summed E-state index contributed by atoms with van der Waals surface area (Å²) in [6.45, 7) is -0.455. The monoisotopic (exact) mass is 563 g/mol. The molecule has 1 N–H and O–H groups in total. The Balaban J connectivity index is 2.28. The van der Waals surface area contributed by atoms with Gasteiger partial charge in [0.2, 0.25) is 0 Å². The summed E-state index contributed by atoms with van der Waals surface area (Å²) in [6, 6.07) is 20.7. The molecule has 0 aliphatic carbocycles. The lowest BCUT2D eigenvalue weighted by Gasteiger charge is -2.35. The van der Waals surface area contributed by atoms with Gasteiger partial charge in [-0.25, -0.2) is 9.18 Å². The van der Waals surface area contributed by atoms with Crippen LogP contribution in [0, 0.1) is 5.82 Å². The van der Waals surface area contributed by atoms with Gasteiger partial charge in [-0.3, -0.25) is 3.63 Å². The van der Waals surface area contributed by atoms with Crippen molar-refractivity contribution in [3.8, 4) is 0 Å². The van der Waals surface area contributed by atoms with Crippen LogP contribution in [-0.2, 0) is 19.6 Å². The third-order valence-electron chi connectivity index (χ3n) is 4.39. The first-order valence-corrected chi connectivity index (χ1v) is 13.6. The summed E-state index contributed by atoms with van der Waals surface area (Å²) in [4.78, 5) is 12.5. The van der Waals surface area contributed by atoms with E-state index in [0.29, 0.717) is 0 Å². The Bertz CT molecular complexity index is 1170. The van der Waals surface area contributed by atoms with Crippen LogP contribution in [0.1, 0.15) is 0 Å². The fraction of sp³-hybridized carbons (Fsp3) is 0.136. The van der Waals surface area contributed by atoms with E-state index in [1.807, 2.05) is 0 Å². The van der Waals surface area contributed by atoms with E-state index in [4.69, 9.17) is 0 Å². The molecular weight excluding hydrogens is 545 g/mol. The predicted octanol–water partition coefficient (Wildman–Crippen LogP) is 5.98. The van der Waals surface area contributed by atoms with Crippen LogP contribution in [0.15, 0.2) is 99.6 Å². The van der Waals surface area contributed by atoms with Crippen LogP contribution in [0.3, 0.4) is 0 Å². The highest BCUT2D eigenvalue weighted by Gasteiger charge is 2.63. The second kappa shape index (κ2) is 10.3. The molecule has 0 aliphatic rings. The average Bonchev–Trinajstić information content (AvgIpc) is 2.82. The molecule has 176 valence electrons. The number of hydrogen-bond acceptors (Lipinski definition) is 4. The Labute approximate surface area is 199 Å². The molecule has 0 aromatic heterocycles. The maximum absolute atomic E-state index is 14.8. The number of carbonyl (C=O) groups excluding carboxylic acids is 1. The number of alkyl halides is 3. The van der Waals surface area contributed by atoms with Gasteiger partial charge in [0.05, 0.1) is 25.0 Å². The largest absolute Gasteiger partial charge is 0.514 e. The van der Waals surface area contributed by atoms with Gasteiger partial charge in [0, 0.05) is 5.33 Å². The zero-order chi connectivity index (χ0) is 24.1. The van der Waals surface area contributed by atoms with Gasteiger partial charge in [-0.15, -0.1) is 8.42 Å². The zero-order valence-electron chi connectivity index (χ0n) is 16.9. The van der Waals surface area contributed by atoms with E-state index < -0.39 is 44.1 Å². The van der Waals surface area contributed by atoms with Crippen LogP contribution in [-0.4, -0.2) is 35.2 Å². The molecule has 3 aromatic rings. The summed E-state index contributed by atoms with van der Waals surface area (Å²) in [5.41, 5.74) is 0. The number of benzene rings is 3. The minimum Gasteiger partial charge on any atom is -0.459 e. The lowest BCUT2D eigenvalue weighted by atomic mass is 10.3. The number of carbonyl (C=O) groups is 1. The first-order chi connectivity index (χ1) is 15.6. The summed E-state index contributed by atoms with van der Waals surface area (Å²) in [5, 5.41) is -4.91. The molecule has 3 rings (SSSR count). The number of rotatable bonds is 9. The van der Waals surface area contributed by atoms with Crippen LogP contribution in [0.2, 0.25) is 0 Å². The minimum absolute atomic E-state index is 0.0402. The minimum atomic E-state index is -5.79. The van der Waals surface area contributed by atoms with Gasteiger partial charge in [-0.2, -0.15) is 8.78 Å². The Hall–Kier alpha value is -2.34. The van der Waals surface area contributed by atoms with Crippen molar-refractivity contribution in [2.75, 3.05) is 11.9 Å². The lowest BCUT2D eigenvalue weighted by molar-refractivity contribution is -0.160. The van der Waals surface area contributed by atoms with Gasteiger partial charge in [0.15, 0.2) is 0 Å². The molecule has 0 radical (unpaired) electrons. The highest BCUT2D eigenvalue weighted by atomic mass is 79.9. The molecule has 33 heavy (non-hydrogen) atoms. The van der Waals surface area contributed by atoms with Gasteiger partial charge in [-0.05, 0) is 42.5 Å². The van der Waals surface area contributed by atoms with Crippen LogP contribution in [0.4, 0.5) is 13.2 Å². The molecule has 0 saturated heterocycles. The second-order valence-corrected chi connectivity index (χ2v) is 12.0. The average molecular weight is 564 g/mol. The highest BCUT2D eigenvalue weighted by molar-refractivity contribution is 9.09. The summed E-state index contributed by atoms with van der Waals surface area (Å²) >= 11 is 2.92. The molecular formula is C22H19BrF3O5S2+. The normalized spacial score (nSPS) is 12.8. The number of hydrogen-bond donors (Lipinski definition) is 0. The van der Waals surface area contributed by atoms with Crippen molar-refractivity contribution in [2.24, 2.45) is 0 Å². The fourth-order valence-corrected chi connectivity index (χ4v) is 8.43. The predicted molar refractivity (Wildman–Crippen MR) is 123 cm³/mol. The van der Waals surface area contributed by atoms with E-state index in [1.165, 1.54) is 36.4 Å². The van der Waals surface area contributed by atoms with Crippen molar-refractivity contribution in [3.63, 3.8) is 0 Å². The van der Waals surface area contributed by atoms with Gasteiger partial charge in [0.1, 0.15) is 12.4 Å². The standard InChI is InChI=1S/C22H18BrF3O5S2/c23-14-15-30-21(27)22(25,26)33(28,29)31-32(18-9-3-1-4-10-18,19-11-5-2-6-12-19)20-13-7-8-17(24)16-20/h1-13,16H,14-15H2/p+1. The van der Waals surface area contributed by atoms with E-state index in [9.17, 15) is 26.4 Å². The summed E-state index contributed by atoms with van der Waals surface area (Å²) in [5.74, 6) is -2.94. The first kappa shape index (κ1) is 25.3. The number of ether oxygens (including phenoxy) is 1. The van der Waals surface area contributed by atoms with E-state index in [0.717, 1.165) is 12.1 Å². The molecule has 3 aromatic carbocycles. The maximum Gasteiger partial charge on any atom is 0.514 e. The Morgan fingerprint density at radius 3 is 1.88 bits per heavy atom. The van der Waals surface area contributed by atoms with Crippen molar-refractivity contribution in [3.05, 3.63) is 90.7 Å². The van der Waals surface area contributed by atoms with Gasteiger partial charge >= 0.3 is 21.3 Å². The summed E-state index contributed by atoms with van der Waals surface area (Å²) in [6.07, 6.45) is 0. The third kappa shape index (κ3) is 5.11. The summed E-state index contributed by atoms with van der Waals surface area (Å²) < 4.78 is 78.0. The molecule has 0 saturated carbocycles. The van der Waals surface area contributed by atoms with Crippen molar-refractivity contribution in [1.29, 1.82) is 0 Å². The second-order valence-electron chi connectivity index (χ2n) is 6.55. The molecule has 5 nitrogen and oxygen atoms in total. The Kier molecular flexibility index (Phi) is 7.88. The van der Waals surface area contributed by atoms with Crippen molar-refractivity contribution >= 4 is 42.3 Å². The van der Waals surface area contributed by atoms with Crippen LogP contribution in [0.5, 0.6) is 0 Å². The van der Waals surface area contributed by atoms with Crippen LogP contribution in [0.25, 0.3) is 0 Å². The van der Waals surface area contributed by atoms with E-state index in [-0.39, 0.29) is 20.0 Å². The molecule has 0 heterocycles. The molecule has 0 spiro atoms. The topological polar surface area (TPSA) is 73.2 Å². The van der Waals surface area contributed by atoms with Crippen molar-refractivity contribution in [1.82, 2.24) is 0 Å². The highest BCUT2D eigenvalue weighted by Crippen LogP contribution is 2.68. The fourth-order valence-electron chi connectivity index (χ4n) is 2.94. The molecule has 11 heteroatoms. The third-order valence-corrected chi connectivity index (χ3v) is 10.1. The number of halogens is 4. The molecule has 0 fully saturated rings. The molecule has 0 atom stereocenters. The van der Waals surface area contributed by atoms with E-state index in [1.54, 1.807) is 36.4 Å². The maximum atomic E-state index is 14.8. The molecule has 0 unspecified atom stereocenters. The zero-order valence-corrected chi connectivity index (χ0v) is 20.1. The van der Waals surface area contributed by atoms with E-state index >= 15 is 0 Å². The van der Waals surface area contributed by atoms with Gasteiger partial charge in [0.25, 0.3) is 0 Å². The van der Waals surface area contributed by atoms with E-state index in [2.05, 4.69) is 24.3 Å². The van der Waals surface area contributed by atoms with Gasteiger partial charge in [-0.1, -0.05) is 58.4 Å². The SMILES string of the molecule is O=C(OCCBr)C(F)(F)S(=O)(=O)[OH+]S(c1ccccc1)(c1ccccc1)c1cccc(F)c1. The van der Waals surface area contributed by atoms with Crippen molar-refractivity contribution in [2.45, 2.75) is 19.9 Å². The molecule has 0 amide bonds. The first-order valence-electron chi connectivity index (χ1n) is 9.44. The molecule has 0 bridgehead atoms. The number of esters is 1. The Morgan fingerprint density at radius 1 is 0.879 bits per heavy atom. The van der Waals surface area contributed by atoms with Crippen molar-refractivity contribution < 1.29 is 34.7 Å². The smallest absolute Gasteiger partial charge is 0.459 e. The Morgan fingerprint density at radius 2 is 1.39 bits per heavy atom. The van der Waals surface area contributed by atoms with Gasteiger partial charge < -0.3 is 4.74 Å². The summed E-state index contributed by atoms with van der Waals surface area (Å²) in [7, 11) is -9.14. The lowest BCUT2D eigenvalue weighted by Crippen LogP contribution is -2.42. The quantitative estimate of drug-likeness (QED) is 0.139.